The highest BCUT2D eigenvalue weighted by Crippen LogP contribution is 2.42. The number of rotatable bonds is 1. The predicted octanol–water partition coefficient (Wildman–Crippen LogP) is 3.18. The third-order valence-corrected chi connectivity index (χ3v) is 3.27. The van der Waals surface area contributed by atoms with Crippen molar-refractivity contribution in [2.45, 2.75) is 44.9 Å². The van der Waals surface area contributed by atoms with Crippen molar-refractivity contribution < 1.29 is 0 Å². The van der Waals surface area contributed by atoms with Gasteiger partial charge in [-0.15, -0.1) is 0 Å². The van der Waals surface area contributed by atoms with Gasteiger partial charge in [-0.2, -0.15) is 5.26 Å². The van der Waals surface area contributed by atoms with Crippen molar-refractivity contribution in [2.75, 3.05) is 0 Å². The van der Waals surface area contributed by atoms with Crippen LogP contribution in [0, 0.1) is 17.2 Å². The quantitative estimate of drug-likeness (QED) is 0.542. The molecule has 2 rings (SSSR count). The van der Waals surface area contributed by atoms with Gasteiger partial charge in [0.05, 0.1) is 12.5 Å². The Morgan fingerprint density at radius 2 is 2.00 bits per heavy atom. The summed E-state index contributed by atoms with van der Waals surface area (Å²) < 4.78 is 0. The fourth-order valence-corrected chi connectivity index (χ4v) is 2.72. The summed E-state index contributed by atoms with van der Waals surface area (Å²) >= 11 is 0. The Morgan fingerprint density at radius 1 is 1.25 bits per heavy atom. The summed E-state index contributed by atoms with van der Waals surface area (Å²) in [5.74, 6) is 0.877. The zero-order valence-corrected chi connectivity index (χ0v) is 7.47. The molecule has 64 valence electrons. The Labute approximate surface area is 74.1 Å². The molecule has 2 aliphatic carbocycles. The third kappa shape index (κ3) is 1.27. The van der Waals surface area contributed by atoms with Crippen LogP contribution in [0.2, 0.25) is 0 Å². The summed E-state index contributed by atoms with van der Waals surface area (Å²) in [6.45, 7) is 0. The molecule has 0 amide bonds. The summed E-state index contributed by atoms with van der Waals surface area (Å²) in [6.07, 6.45) is 8.68. The van der Waals surface area contributed by atoms with Crippen LogP contribution in [0.1, 0.15) is 44.9 Å². The van der Waals surface area contributed by atoms with E-state index in [-0.39, 0.29) is 0 Å². The normalized spacial score (nSPS) is 28.4. The van der Waals surface area contributed by atoms with E-state index in [2.05, 4.69) is 6.07 Å². The smallest absolute Gasteiger partial charge is 0.0666 e. The molecule has 0 aliphatic heterocycles. The van der Waals surface area contributed by atoms with Gasteiger partial charge in [0.15, 0.2) is 0 Å². The number of nitrogens with zero attached hydrogens (tertiary/aromatic N) is 1. The Hall–Kier alpha value is -0.770. The van der Waals surface area contributed by atoms with Crippen LogP contribution >= 0.6 is 0 Å². The summed E-state index contributed by atoms with van der Waals surface area (Å²) in [6, 6.07) is 2.29. The van der Waals surface area contributed by atoms with Crippen LogP contribution < -0.4 is 0 Å². The molecule has 0 heterocycles. The summed E-state index contributed by atoms with van der Waals surface area (Å²) in [5.41, 5.74) is 3.16. The Kier molecular flexibility index (Phi) is 2.17. The number of hydrogen-bond acceptors (Lipinski definition) is 1. The Balaban J connectivity index is 2.21. The van der Waals surface area contributed by atoms with Crippen LogP contribution in [-0.2, 0) is 0 Å². The highest BCUT2D eigenvalue weighted by Gasteiger charge is 2.26. The molecule has 2 aliphatic rings. The highest BCUT2D eigenvalue weighted by molar-refractivity contribution is 5.25. The van der Waals surface area contributed by atoms with Crippen LogP contribution in [0.3, 0.4) is 0 Å². The molecular formula is C11H15N. The highest BCUT2D eigenvalue weighted by atomic mass is 14.3. The molecule has 1 nitrogen and oxygen atoms in total. The minimum absolute atomic E-state index is 0.700. The first-order chi connectivity index (χ1) is 5.92. The molecular weight excluding hydrogens is 146 g/mol. The van der Waals surface area contributed by atoms with Gasteiger partial charge < -0.3 is 0 Å². The minimum Gasteiger partial charge on any atom is -0.198 e. The maximum absolute atomic E-state index is 8.65. The van der Waals surface area contributed by atoms with Gasteiger partial charge in [-0.3, -0.25) is 0 Å². The molecule has 0 spiro atoms. The van der Waals surface area contributed by atoms with E-state index in [1.165, 1.54) is 44.1 Å². The van der Waals surface area contributed by atoms with Gasteiger partial charge in [0.1, 0.15) is 0 Å². The lowest BCUT2D eigenvalue weighted by Crippen LogP contribution is -2.06. The first-order valence-electron chi connectivity index (χ1n) is 4.99. The molecule has 12 heavy (non-hydrogen) atoms. The molecule has 0 radical (unpaired) electrons. The zero-order chi connectivity index (χ0) is 8.39. The molecule has 0 aromatic rings. The van der Waals surface area contributed by atoms with Crippen molar-refractivity contribution in [1.82, 2.24) is 0 Å². The average molecular weight is 161 g/mol. The maximum atomic E-state index is 8.65. The molecule has 1 saturated carbocycles. The molecule has 1 heteroatoms. The summed E-state index contributed by atoms with van der Waals surface area (Å²) in [5, 5.41) is 8.65. The summed E-state index contributed by atoms with van der Waals surface area (Å²) in [4.78, 5) is 0. The van der Waals surface area contributed by atoms with E-state index in [0.717, 1.165) is 5.92 Å². The van der Waals surface area contributed by atoms with E-state index < -0.39 is 0 Å². The molecule has 1 unspecified atom stereocenters. The van der Waals surface area contributed by atoms with Crippen LogP contribution in [0.5, 0.6) is 0 Å². The Bertz CT molecular complexity index is 244. The first-order valence-corrected chi connectivity index (χ1v) is 4.99. The lowest BCUT2D eigenvalue weighted by molar-refractivity contribution is 0.510. The SMILES string of the molecule is N#CCC1=C2CCCC2CCC1. The molecule has 0 saturated heterocycles. The van der Waals surface area contributed by atoms with E-state index in [0.29, 0.717) is 6.42 Å². The van der Waals surface area contributed by atoms with Crippen LogP contribution in [0.4, 0.5) is 0 Å². The third-order valence-electron chi connectivity index (χ3n) is 3.27. The van der Waals surface area contributed by atoms with Crippen molar-refractivity contribution in [3.8, 4) is 6.07 Å². The predicted molar refractivity (Wildman–Crippen MR) is 48.4 cm³/mol. The zero-order valence-electron chi connectivity index (χ0n) is 7.47. The van der Waals surface area contributed by atoms with E-state index in [1.54, 1.807) is 5.57 Å². The van der Waals surface area contributed by atoms with Crippen LogP contribution in [-0.4, -0.2) is 0 Å². The molecule has 0 N–H and O–H groups in total. The van der Waals surface area contributed by atoms with Crippen molar-refractivity contribution in [1.29, 1.82) is 5.26 Å². The van der Waals surface area contributed by atoms with Gasteiger partial charge in [0.2, 0.25) is 0 Å². The lowest BCUT2D eigenvalue weighted by atomic mass is 9.84. The van der Waals surface area contributed by atoms with Gasteiger partial charge in [0, 0.05) is 0 Å². The van der Waals surface area contributed by atoms with Crippen LogP contribution in [0.25, 0.3) is 0 Å². The van der Waals surface area contributed by atoms with Crippen molar-refractivity contribution in [3.05, 3.63) is 11.1 Å². The first kappa shape index (κ1) is 7.86. The van der Waals surface area contributed by atoms with E-state index >= 15 is 0 Å². The molecule has 0 bridgehead atoms. The van der Waals surface area contributed by atoms with Gasteiger partial charge >= 0.3 is 0 Å². The topological polar surface area (TPSA) is 23.8 Å². The second-order valence-electron chi connectivity index (χ2n) is 3.95. The largest absolute Gasteiger partial charge is 0.198 e. The summed E-state index contributed by atoms with van der Waals surface area (Å²) in [7, 11) is 0. The monoisotopic (exact) mass is 161 g/mol. The average Bonchev–Trinajstić information content (AvgIpc) is 2.53. The van der Waals surface area contributed by atoms with E-state index in [1.807, 2.05) is 0 Å². The number of nitriles is 1. The fraction of sp³-hybridized carbons (Fsp3) is 0.727. The minimum atomic E-state index is 0.700. The molecule has 0 aromatic carbocycles. The second kappa shape index (κ2) is 3.31. The van der Waals surface area contributed by atoms with Crippen LogP contribution in [0.15, 0.2) is 11.1 Å². The maximum Gasteiger partial charge on any atom is 0.0666 e. The van der Waals surface area contributed by atoms with Gasteiger partial charge in [-0.1, -0.05) is 11.1 Å². The second-order valence-corrected chi connectivity index (χ2v) is 3.95. The van der Waals surface area contributed by atoms with Crippen molar-refractivity contribution in [2.24, 2.45) is 5.92 Å². The number of allylic oxidation sites excluding steroid dienone is 2. The van der Waals surface area contributed by atoms with Gasteiger partial charge in [-0.25, -0.2) is 0 Å². The molecule has 1 atom stereocenters. The van der Waals surface area contributed by atoms with Crippen molar-refractivity contribution in [3.63, 3.8) is 0 Å². The Morgan fingerprint density at radius 3 is 2.75 bits per heavy atom. The van der Waals surface area contributed by atoms with Gasteiger partial charge in [0.25, 0.3) is 0 Å². The number of hydrogen-bond donors (Lipinski definition) is 0. The lowest BCUT2D eigenvalue weighted by Gasteiger charge is -2.21. The standard InChI is InChI=1S/C11H15N/c12-8-7-10-4-1-3-9-5-2-6-11(9)10/h9H,1-7H2. The fourth-order valence-electron chi connectivity index (χ4n) is 2.72. The molecule has 0 aromatic heterocycles. The molecule has 1 fully saturated rings. The number of fused-ring (bicyclic) bond motifs is 1. The van der Waals surface area contributed by atoms with E-state index in [9.17, 15) is 0 Å². The van der Waals surface area contributed by atoms with Crippen molar-refractivity contribution >= 4 is 0 Å². The van der Waals surface area contributed by atoms with E-state index in [4.69, 9.17) is 5.26 Å². The van der Waals surface area contributed by atoms with Gasteiger partial charge in [-0.05, 0) is 44.4 Å².